The molecule has 0 radical (unpaired) electrons. The van der Waals surface area contributed by atoms with Gasteiger partial charge in [-0.25, -0.2) is 0 Å². The number of nitrogens with zero attached hydrogens (tertiary/aromatic N) is 1. The number of rotatable bonds is 1. The molecular weight excluding hydrogens is 324 g/mol. The third-order valence-electron chi connectivity index (χ3n) is 4.12. The molecule has 4 rings (SSSR count). The second-order valence-corrected chi connectivity index (χ2v) is 6.75. The summed E-state index contributed by atoms with van der Waals surface area (Å²) in [6.07, 6.45) is 0. The maximum Gasteiger partial charge on any atom is 0.256 e. The van der Waals surface area contributed by atoms with E-state index in [4.69, 9.17) is 4.74 Å². The van der Waals surface area contributed by atoms with Crippen LogP contribution >= 0.6 is 11.8 Å². The number of carbonyl (C=O) groups excluding carboxylic acids is 2. The van der Waals surface area contributed by atoms with Crippen molar-refractivity contribution in [2.45, 2.75) is 9.79 Å². The standard InChI is InChI=1S/C18H16N2O3S/c21-17-13-3-1-2-4-15(13)24-16-6-5-12(11-14(16)19-17)18(22)20-7-9-23-10-8-20/h1-6,11H,7-10H2,(H,19,21). The van der Waals surface area contributed by atoms with Gasteiger partial charge in [-0.05, 0) is 30.3 Å². The molecule has 0 atom stereocenters. The lowest BCUT2D eigenvalue weighted by Crippen LogP contribution is -2.40. The summed E-state index contributed by atoms with van der Waals surface area (Å²) in [4.78, 5) is 28.7. The highest BCUT2D eigenvalue weighted by Crippen LogP contribution is 2.39. The maximum atomic E-state index is 12.6. The van der Waals surface area contributed by atoms with Crippen LogP contribution in [0.25, 0.3) is 0 Å². The molecule has 0 aliphatic carbocycles. The van der Waals surface area contributed by atoms with Crippen LogP contribution in [0.15, 0.2) is 52.3 Å². The van der Waals surface area contributed by atoms with E-state index >= 15 is 0 Å². The highest BCUT2D eigenvalue weighted by Gasteiger charge is 2.23. The molecule has 0 spiro atoms. The van der Waals surface area contributed by atoms with Crippen molar-refractivity contribution in [3.8, 4) is 0 Å². The molecule has 0 unspecified atom stereocenters. The van der Waals surface area contributed by atoms with Crippen molar-refractivity contribution in [1.82, 2.24) is 4.90 Å². The number of carbonyl (C=O) groups is 2. The van der Waals surface area contributed by atoms with Gasteiger partial charge in [0.2, 0.25) is 0 Å². The molecule has 1 fully saturated rings. The monoisotopic (exact) mass is 340 g/mol. The Morgan fingerprint density at radius 1 is 1.08 bits per heavy atom. The molecule has 5 nitrogen and oxygen atoms in total. The fourth-order valence-electron chi connectivity index (χ4n) is 2.85. The molecule has 1 N–H and O–H groups in total. The Balaban J connectivity index is 1.65. The number of hydrogen-bond acceptors (Lipinski definition) is 4. The molecule has 2 aliphatic heterocycles. The van der Waals surface area contributed by atoms with Gasteiger partial charge in [0.05, 0.1) is 24.5 Å². The number of morpholine rings is 1. The zero-order valence-electron chi connectivity index (χ0n) is 13.0. The molecule has 122 valence electrons. The SMILES string of the molecule is O=C1Nc2cc(C(=O)N3CCOCC3)ccc2Sc2ccccc21. The van der Waals surface area contributed by atoms with Crippen LogP contribution in [-0.4, -0.2) is 43.0 Å². The van der Waals surface area contributed by atoms with Crippen LogP contribution in [0, 0.1) is 0 Å². The average Bonchev–Trinajstić information content (AvgIpc) is 2.77. The van der Waals surface area contributed by atoms with Gasteiger partial charge in [0.25, 0.3) is 11.8 Å². The molecule has 2 aromatic rings. The average molecular weight is 340 g/mol. The van der Waals surface area contributed by atoms with Crippen LogP contribution in [-0.2, 0) is 4.74 Å². The number of hydrogen-bond donors (Lipinski definition) is 1. The highest BCUT2D eigenvalue weighted by atomic mass is 32.2. The van der Waals surface area contributed by atoms with Crippen LogP contribution in [0.5, 0.6) is 0 Å². The number of ether oxygens (including phenoxy) is 1. The van der Waals surface area contributed by atoms with Crippen LogP contribution in [0.4, 0.5) is 5.69 Å². The summed E-state index contributed by atoms with van der Waals surface area (Å²) in [5.74, 6) is -0.171. The summed E-state index contributed by atoms with van der Waals surface area (Å²) >= 11 is 1.53. The first-order valence-electron chi connectivity index (χ1n) is 7.82. The first kappa shape index (κ1) is 15.2. The molecule has 6 heteroatoms. The van der Waals surface area contributed by atoms with Crippen molar-refractivity contribution in [2.24, 2.45) is 0 Å². The minimum Gasteiger partial charge on any atom is -0.378 e. The predicted molar refractivity (Wildman–Crippen MR) is 91.7 cm³/mol. The number of fused-ring (bicyclic) bond motifs is 2. The number of nitrogens with one attached hydrogen (secondary N) is 1. The summed E-state index contributed by atoms with van der Waals surface area (Å²) in [6, 6.07) is 13.0. The summed E-state index contributed by atoms with van der Waals surface area (Å²) in [6.45, 7) is 2.34. The van der Waals surface area contributed by atoms with Gasteiger partial charge in [-0.3, -0.25) is 9.59 Å². The Labute approximate surface area is 144 Å². The molecule has 0 saturated carbocycles. The van der Waals surface area contributed by atoms with Crippen LogP contribution in [0.3, 0.4) is 0 Å². The molecule has 2 aliphatic rings. The molecule has 24 heavy (non-hydrogen) atoms. The van der Waals surface area contributed by atoms with Gasteiger partial charge < -0.3 is 15.0 Å². The van der Waals surface area contributed by atoms with E-state index in [0.717, 1.165) is 9.79 Å². The van der Waals surface area contributed by atoms with E-state index in [1.807, 2.05) is 36.4 Å². The Kier molecular flexibility index (Phi) is 4.00. The minimum absolute atomic E-state index is 0.0258. The van der Waals surface area contributed by atoms with Crippen molar-refractivity contribution in [3.63, 3.8) is 0 Å². The van der Waals surface area contributed by atoms with Gasteiger partial charge >= 0.3 is 0 Å². The number of amides is 2. The number of benzene rings is 2. The summed E-state index contributed by atoms with van der Waals surface area (Å²) in [7, 11) is 0. The molecule has 0 bridgehead atoms. The molecule has 2 heterocycles. The molecule has 2 aromatic carbocycles. The van der Waals surface area contributed by atoms with Crippen LogP contribution in [0.1, 0.15) is 20.7 Å². The topological polar surface area (TPSA) is 58.6 Å². The Morgan fingerprint density at radius 3 is 2.71 bits per heavy atom. The van der Waals surface area contributed by atoms with E-state index in [1.165, 1.54) is 11.8 Å². The minimum atomic E-state index is -0.146. The third-order valence-corrected chi connectivity index (χ3v) is 5.28. The van der Waals surface area contributed by atoms with Gasteiger partial charge in [-0.2, -0.15) is 0 Å². The third kappa shape index (κ3) is 2.79. The zero-order chi connectivity index (χ0) is 16.5. The van der Waals surface area contributed by atoms with Gasteiger partial charge in [-0.1, -0.05) is 23.9 Å². The summed E-state index contributed by atoms with van der Waals surface area (Å²) in [5, 5.41) is 2.92. The van der Waals surface area contributed by atoms with Crippen molar-refractivity contribution < 1.29 is 14.3 Å². The second kappa shape index (κ2) is 6.30. The van der Waals surface area contributed by atoms with Gasteiger partial charge in [0, 0.05) is 28.4 Å². The number of anilines is 1. The van der Waals surface area contributed by atoms with Crippen molar-refractivity contribution >= 4 is 29.3 Å². The van der Waals surface area contributed by atoms with Gasteiger partial charge in [-0.15, -0.1) is 0 Å². The van der Waals surface area contributed by atoms with E-state index in [1.54, 1.807) is 11.0 Å². The van der Waals surface area contributed by atoms with E-state index in [2.05, 4.69) is 5.32 Å². The molecule has 2 amide bonds. The van der Waals surface area contributed by atoms with Gasteiger partial charge in [0.1, 0.15) is 0 Å². The fraction of sp³-hybridized carbons (Fsp3) is 0.222. The zero-order valence-corrected chi connectivity index (χ0v) is 13.8. The van der Waals surface area contributed by atoms with Crippen LogP contribution < -0.4 is 5.32 Å². The van der Waals surface area contributed by atoms with E-state index < -0.39 is 0 Å². The lowest BCUT2D eigenvalue weighted by molar-refractivity contribution is 0.0303. The highest BCUT2D eigenvalue weighted by molar-refractivity contribution is 7.99. The summed E-state index contributed by atoms with van der Waals surface area (Å²) in [5.41, 5.74) is 1.92. The smallest absolute Gasteiger partial charge is 0.256 e. The molecule has 0 aromatic heterocycles. The Bertz CT molecular complexity index is 816. The summed E-state index contributed by atoms with van der Waals surface area (Å²) < 4.78 is 5.29. The van der Waals surface area contributed by atoms with Gasteiger partial charge in [0.15, 0.2) is 0 Å². The lowest BCUT2D eigenvalue weighted by Gasteiger charge is -2.27. The van der Waals surface area contributed by atoms with E-state index in [0.29, 0.717) is 43.1 Å². The Hall–Kier alpha value is -2.31. The molecular formula is C18H16N2O3S. The quantitative estimate of drug-likeness (QED) is 0.867. The van der Waals surface area contributed by atoms with Crippen molar-refractivity contribution in [3.05, 3.63) is 53.6 Å². The van der Waals surface area contributed by atoms with E-state index in [-0.39, 0.29) is 11.8 Å². The molecule has 1 saturated heterocycles. The predicted octanol–water partition coefficient (Wildman–Crippen LogP) is 2.88. The van der Waals surface area contributed by atoms with E-state index in [9.17, 15) is 9.59 Å². The van der Waals surface area contributed by atoms with Crippen molar-refractivity contribution in [1.29, 1.82) is 0 Å². The second-order valence-electron chi connectivity index (χ2n) is 5.67. The normalized spacial score (nSPS) is 16.7. The Morgan fingerprint density at radius 2 is 1.88 bits per heavy atom. The lowest BCUT2D eigenvalue weighted by atomic mass is 10.1. The first-order valence-corrected chi connectivity index (χ1v) is 8.63. The largest absolute Gasteiger partial charge is 0.378 e. The maximum absolute atomic E-state index is 12.6. The first-order chi connectivity index (χ1) is 11.7. The van der Waals surface area contributed by atoms with Crippen LogP contribution in [0.2, 0.25) is 0 Å². The van der Waals surface area contributed by atoms with Crippen molar-refractivity contribution in [2.75, 3.05) is 31.6 Å². The fourth-order valence-corrected chi connectivity index (χ4v) is 3.86.